The lowest BCUT2D eigenvalue weighted by molar-refractivity contribution is -0.122. The van der Waals surface area contributed by atoms with Crippen molar-refractivity contribution in [2.45, 2.75) is 31.4 Å². The largest absolute Gasteiger partial charge is 0.496 e. The molecule has 0 radical (unpaired) electrons. The monoisotopic (exact) mass is 278 g/mol. The number of hydrogen-bond donors (Lipinski definition) is 3. The van der Waals surface area contributed by atoms with Gasteiger partial charge in [-0.3, -0.25) is 4.79 Å². The minimum Gasteiger partial charge on any atom is -0.496 e. The topological polar surface area (TPSA) is 70.6 Å². The van der Waals surface area contributed by atoms with Gasteiger partial charge in [-0.05, 0) is 31.0 Å². The summed E-state index contributed by atoms with van der Waals surface area (Å²) in [6, 6.07) is 7.57. The average Bonchev–Trinajstić information content (AvgIpc) is 2.48. The molecule has 5 heteroatoms. The highest BCUT2D eigenvalue weighted by Gasteiger charge is 2.24. The number of ether oxygens (including phenoxy) is 1. The van der Waals surface area contributed by atoms with Crippen LogP contribution in [0.2, 0.25) is 0 Å². The van der Waals surface area contributed by atoms with E-state index in [1.807, 2.05) is 24.3 Å². The Hall–Kier alpha value is -1.59. The van der Waals surface area contributed by atoms with Gasteiger partial charge in [-0.25, -0.2) is 0 Å². The lowest BCUT2D eigenvalue weighted by atomic mass is 10.0. The number of aliphatic hydroxyl groups is 1. The van der Waals surface area contributed by atoms with E-state index in [0.29, 0.717) is 19.4 Å². The number of carbonyl (C=O) groups is 1. The van der Waals surface area contributed by atoms with Gasteiger partial charge in [-0.1, -0.05) is 18.2 Å². The number of carbonyl (C=O) groups excluding carboxylic acids is 1. The molecule has 2 rings (SSSR count). The summed E-state index contributed by atoms with van der Waals surface area (Å²) in [7, 11) is 1.63. The molecule has 0 aliphatic carbocycles. The molecule has 3 N–H and O–H groups in total. The third kappa shape index (κ3) is 3.95. The summed E-state index contributed by atoms with van der Waals surface area (Å²) in [5.41, 5.74) is 1.02. The standard InChI is InChI=1S/C15H22N2O3/c1-20-14-5-3-2-4-11(14)6-7-15(19)17-12-8-9-16-10-13(12)18/h2-5,12-13,16,18H,6-10H2,1H3,(H,17,19)/t12-,13-/m1/s1. The van der Waals surface area contributed by atoms with Crippen molar-refractivity contribution in [1.29, 1.82) is 0 Å². The van der Waals surface area contributed by atoms with E-state index in [2.05, 4.69) is 10.6 Å². The number of amides is 1. The number of aryl methyl sites for hydroxylation is 1. The summed E-state index contributed by atoms with van der Waals surface area (Å²) in [5.74, 6) is 0.782. The predicted molar refractivity (Wildman–Crippen MR) is 76.7 cm³/mol. The lowest BCUT2D eigenvalue weighted by Gasteiger charge is -2.29. The van der Waals surface area contributed by atoms with Crippen molar-refractivity contribution in [3.05, 3.63) is 29.8 Å². The van der Waals surface area contributed by atoms with Crippen LogP contribution in [0.25, 0.3) is 0 Å². The summed E-state index contributed by atoms with van der Waals surface area (Å²) in [6.45, 7) is 1.37. The van der Waals surface area contributed by atoms with E-state index in [9.17, 15) is 9.90 Å². The fourth-order valence-corrected chi connectivity index (χ4v) is 2.45. The molecular weight excluding hydrogens is 256 g/mol. The van der Waals surface area contributed by atoms with E-state index in [1.165, 1.54) is 0 Å². The van der Waals surface area contributed by atoms with Crippen LogP contribution < -0.4 is 15.4 Å². The van der Waals surface area contributed by atoms with Gasteiger partial charge in [-0.15, -0.1) is 0 Å². The second-order valence-corrected chi connectivity index (χ2v) is 5.05. The number of rotatable bonds is 5. The second-order valence-electron chi connectivity index (χ2n) is 5.05. The van der Waals surface area contributed by atoms with Crippen LogP contribution in [0.3, 0.4) is 0 Å². The van der Waals surface area contributed by atoms with Crippen molar-refractivity contribution in [2.75, 3.05) is 20.2 Å². The zero-order chi connectivity index (χ0) is 14.4. The Bertz CT molecular complexity index is 450. The Balaban J connectivity index is 1.82. The van der Waals surface area contributed by atoms with Crippen molar-refractivity contribution >= 4 is 5.91 Å². The highest BCUT2D eigenvalue weighted by atomic mass is 16.5. The van der Waals surface area contributed by atoms with E-state index in [0.717, 1.165) is 24.3 Å². The van der Waals surface area contributed by atoms with Crippen LogP contribution in [0.1, 0.15) is 18.4 Å². The van der Waals surface area contributed by atoms with E-state index in [-0.39, 0.29) is 11.9 Å². The fourth-order valence-electron chi connectivity index (χ4n) is 2.45. The fraction of sp³-hybridized carbons (Fsp3) is 0.533. The summed E-state index contributed by atoms with van der Waals surface area (Å²) in [6.07, 6.45) is 1.30. The molecule has 110 valence electrons. The Morgan fingerprint density at radius 2 is 2.30 bits per heavy atom. The quantitative estimate of drug-likeness (QED) is 0.732. The van der Waals surface area contributed by atoms with Crippen LogP contribution in [0.5, 0.6) is 5.75 Å². The molecule has 1 aliphatic rings. The Morgan fingerprint density at radius 1 is 1.50 bits per heavy atom. The minimum absolute atomic E-state index is 0.0261. The molecule has 1 fully saturated rings. The molecule has 0 bridgehead atoms. The molecule has 1 aromatic carbocycles. The number of benzene rings is 1. The molecular formula is C15H22N2O3. The zero-order valence-corrected chi connectivity index (χ0v) is 11.8. The van der Waals surface area contributed by atoms with Crippen LogP contribution in [-0.2, 0) is 11.2 Å². The van der Waals surface area contributed by atoms with Crippen molar-refractivity contribution in [1.82, 2.24) is 10.6 Å². The average molecular weight is 278 g/mol. The molecule has 0 aromatic heterocycles. The van der Waals surface area contributed by atoms with Crippen molar-refractivity contribution < 1.29 is 14.6 Å². The van der Waals surface area contributed by atoms with Crippen LogP contribution in [-0.4, -0.2) is 43.4 Å². The number of aliphatic hydroxyl groups excluding tert-OH is 1. The maximum atomic E-state index is 11.9. The van der Waals surface area contributed by atoms with Gasteiger partial charge in [0.15, 0.2) is 0 Å². The molecule has 1 aliphatic heterocycles. The first-order chi connectivity index (χ1) is 9.70. The number of nitrogens with one attached hydrogen (secondary N) is 2. The van der Waals surface area contributed by atoms with Crippen molar-refractivity contribution in [3.63, 3.8) is 0 Å². The SMILES string of the molecule is COc1ccccc1CCC(=O)N[C@@H]1CCNC[C@H]1O. The molecule has 1 aromatic rings. The van der Waals surface area contributed by atoms with E-state index in [1.54, 1.807) is 7.11 Å². The van der Waals surface area contributed by atoms with Crippen LogP contribution in [0, 0.1) is 0 Å². The van der Waals surface area contributed by atoms with E-state index < -0.39 is 6.10 Å². The Labute approximate surface area is 119 Å². The number of para-hydroxylation sites is 1. The van der Waals surface area contributed by atoms with Gasteiger partial charge in [0.05, 0.1) is 19.3 Å². The molecule has 5 nitrogen and oxygen atoms in total. The minimum atomic E-state index is -0.501. The number of hydrogen-bond acceptors (Lipinski definition) is 4. The predicted octanol–water partition coefficient (Wildman–Crippen LogP) is 0.467. The first-order valence-corrected chi connectivity index (χ1v) is 7.00. The van der Waals surface area contributed by atoms with Crippen molar-refractivity contribution in [2.24, 2.45) is 0 Å². The Morgan fingerprint density at radius 3 is 3.05 bits per heavy atom. The molecule has 2 atom stereocenters. The van der Waals surface area contributed by atoms with E-state index in [4.69, 9.17) is 4.74 Å². The maximum absolute atomic E-state index is 11.9. The normalized spacial score (nSPS) is 22.3. The number of piperidine rings is 1. The van der Waals surface area contributed by atoms with Gasteiger partial charge < -0.3 is 20.5 Å². The highest BCUT2D eigenvalue weighted by molar-refractivity contribution is 5.76. The zero-order valence-electron chi connectivity index (χ0n) is 11.8. The molecule has 0 saturated carbocycles. The molecule has 0 spiro atoms. The van der Waals surface area contributed by atoms with Gasteiger partial charge in [0, 0.05) is 13.0 Å². The third-order valence-electron chi connectivity index (χ3n) is 3.61. The summed E-state index contributed by atoms with van der Waals surface area (Å²) in [4.78, 5) is 11.9. The number of β-amino-alcohol motifs (C(OH)–C–C–N with tert-alkyl or cyclic N) is 1. The lowest BCUT2D eigenvalue weighted by Crippen LogP contribution is -2.52. The number of methoxy groups -OCH3 is 1. The first-order valence-electron chi connectivity index (χ1n) is 7.00. The first kappa shape index (κ1) is 14.8. The maximum Gasteiger partial charge on any atom is 0.220 e. The summed E-state index contributed by atoms with van der Waals surface area (Å²) >= 11 is 0. The van der Waals surface area contributed by atoms with Crippen LogP contribution in [0.15, 0.2) is 24.3 Å². The highest BCUT2D eigenvalue weighted by Crippen LogP contribution is 2.18. The van der Waals surface area contributed by atoms with Gasteiger partial charge in [-0.2, -0.15) is 0 Å². The Kier molecular flexibility index (Phi) is 5.38. The van der Waals surface area contributed by atoms with Gasteiger partial charge in [0.25, 0.3) is 0 Å². The summed E-state index contributed by atoms with van der Waals surface area (Å²) in [5, 5.41) is 15.8. The third-order valence-corrected chi connectivity index (χ3v) is 3.61. The summed E-state index contributed by atoms with van der Waals surface area (Å²) < 4.78 is 5.26. The van der Waals surface area contributed by atoms with Gasteiger partial charge >= 0.3 is 0 Å². The van der Waals surface area contributed by atoms with Crippen LogP contribution in [0.4, 0.5) is 0 Å². The second kappa shape index (κ2) is 7.26. The van der Waals surface area contributed by atoms with Gasteiger partial charge in [0.2, 0.25) is 5.91 Å². The smallest absolute Gasteiger partial charge is 0.220 e. The van der Waals surface area contributed by atoms with Gasteiger partial charge in [0.1, 0.15) is 5.75 Å². The van der Waals surface area contributed by atoms with Crippen LogP contribution >= 0.6 is 0 Å². The molecule has 1 amide bonds. The molecule has 1 heterocycles. The van der Waals surface area contributed by atoms with Crippen molar-refractivity contribution in [3.8, 4) is 5.75 Å². The van der Waals surface area contributed by atoms with E-state index >= 15 is 0 Å². The molecule has 1 saturated heterocycles. The molecule has 0 unspecified atom stereocenters. The molecule has 20 heavy (non-hydrogen) atoms.